The molecule has 0 bridgehead atoms. The third-order valence-corrected chi connectivity index (χ3v) is 3.67. The molecule has 19 heavy (non-hydrogen) atoms. The average Bonchev–Trinajstić information content (AvgIpc) is 3.01. The Morgan fingerprint density at radius 3 is 2.89 bits per heavy atom. The number of H-pyrrole nitrogens is 1. The number of amides is 1. The molecular weight excluding hydrogens is 238 g/mol. The number of rotatable bonds is 3. The molecule has 1 aromatic carbocycles. The van der Waals surface area contributed by atoms with Crippen LogP contribution < -0.4 is 5.32 Å². The van der Waals surface area contributed by atoms with E-state index in [1.165, 1.54) is 0 Å². The van der Waals surface area contributed by atoms with Gasteiger partial charge in [-0.15, -0.1) is 0 Å². The van der Waals surface area contributed by atoms with Crippen LogP contribution in [-0.2, 0) is 12.8 Å². The van der Waals surface area contributed by atoms with E-state index >= 15 is 0 Å². The summed E-state index contributed by atoms with van der Waals surface area (Å²) in [6.45, 7) is 1.99. The largest absolute Gasteiger partial charge is 0.344 e. The van der Waals surface area contributed by atoms with Crippen molar-refractivity contribution in [1.82, 2.24) is 15.5 Å². The van der Waals surface area contributed by atoms with Gasteiger partial charge < -0.3 is 5.32 Å². The molecule has 0 saturated carbocycles. The van der Waals surface area contributed by atoms with Gasteiger partial charge in [0.15, 0.2) is 5.69 Å². The quantitative estimate of drug-likeness (QED) is 0.884. The topological polar surface area (TPSA) is 57.8 Å². The second-order valence-corrected chi connectivity index (χ2v) is 4.99. The van der Waals surface area contributed by atoms with Gasteiger partial charge in [-0.05, 0) is 31.7 Å². The summed E-state index contributed by atoms with van der Waals surface area (Å²) in [7, 11) is 0. The average molecular weight is 255 g/mol. The van der Waals surface area contributed by atoms with Crippen LogP contribution >= 0.6 is 0 Å². The number of nitrogens with zero attached hydrogens (tertiary/aromatic N) is 1. The number of fused-ring (bicyclic) bond motifs is 1. The van der Waals surface area contributed by atoms with Gasteiger partial charge in [0.2, 0.25) is 0 Å². The summed E-state index contributed by atoms with van der Waals surface area (Å²) in [5.41, 5.74) is 3.88. The number of carbonyl (C=O) groups excluding carboxylic acids is 1. The van der Waals surface area contributed by atoms with Crippen LogP contribution in [0.15, 0.2) is 30.3 Å². The van der Waals surface area contributed by atoms with Crippen molar-refractivity contribution >= 4 is 5.91 Å². The highest BCUT2D eigenvalue weighted by atomic mass is 16.2. The van der Waals surface area contributed by atoms with Gasteiger partial charge in [-0.2, -0.15) is 5.10 Å². The van der Waals surface area contributed by atoms with Crippen LogP contribution in [0.4, 0.5) is 0 Å². The molecule has 1 heterocycles. The van der Waals surface area contributed by atoms with Crippen LogP contribution in [0.2, 0.25) is 0 Å². The summed E-state index contributed by atoms with van der Waals surface area (Å²) in [5.74, 6) is -0.0873. The molecule has 1 unspecified atom stereocenters. The summed E-state index contributed by atoms with van der Waals surface area (Å²) in [5, 5.41) is 10.1. The van der Waals surface area contributed by atoms with Crippen LogP contribution in [0.25, 0.3) is 0 Å². The van der Waals surface area contributed by atoms with Crippen LogP contribution in [0.3, 0.4) is 0 Å². The fourth-order valence-electron chi connectivity index (χ4n) is 2.60. The molecule has 1 atom stereocenters. The van der Waals surface area contributed by atoms with E-state index < -0.39 is 0 Å². The van der Waals surface area contributed by atoms with Crippen molar-refractivity contribution in [3.05, 3.63) is 52.8 Å². The first-order valence-corrected chi connectivity index (χ1v) is 6.67. The maximum Gasteiger partial charge on any atom is 0.272 e. The Bertz CT molecular complexity index is 589. The zero-order valence-corrected chi connectivity index (χ0v) is 10.9. The summed E-state index contributed by atoms with van der Waals surface area (Å²) in [4.78, 5) is 12.3. The van der Waals surface area contributed by atoms with Crippen LogP contribution in [0, 0.1) is 0 Å². The number of nitrogens with one attached hydrogen (secondary N) is 2. The SMILES string of the molecule is CC(NC(=O)c1n[nH]c2c1CCC2)c1ccccc1. The van der Waals surface area contributed by atoms with Crippen molar-refractivity contribution in [1.29, 1.82) is 0 Å². The molecule has 1 aromatic heterocycles. The Hall–Kier alpha value is -2.10. The number of hydrogen-bond donors (Lipinski definition) is 2. The molecule has 0 aliphatic heterocycles. The van der Waals surface area contributed by atoms with Crippen LogP contribution in [-0.4, -0.2) is 16.1 Å². The molecule has 1 amide bonds. The first-order valence-electron chi connectivity index (χ1n) is 6.67. The predicted octanol–water partition coefficient (Wildman–Crippen LogP) is 2.39. The van der Waals surface area contributed by atoms with Gasteiger partial charge in [-0.3, -0.25) is 9.89 Å². The minimum absolute atomic E-state index is 0.0116. The lowest BCUT2D eigenvalue weighted by molar-refractivity contribution is 0.0934. The molecule has 4 nitrogen and oxygen atoms in total. The normalized spacial score (nSPS) is 15.0. The van der Waals surface area contributed by atoms with Crippen molar-refractivity contribution in [3.8, 4) is 0 Å². The van der Waals surface area contributed by atoms with Gasteiger partial charge in [0.1, 0.15) is 0 Å². The first-order chi connectivity index (χ1) is 9.25. The molecule has 1 aliphatic rings. The van der Waals surface area contributed by atoms with E-state index in [4.69, 9.17) is 0 Å². The number of carbonyl (C=O) groups is 1. The Morgan fingerprint density at radius 2 is 2.11 bits per heavy atom. The summed E-state index contributed by atoms with van der Waals surface area (Å²) in [6.07, 6.45) is 3.07. The van der Waals surface area contributed by atoms with E-state index in [1.54, 1.807) is 0 Å². The number of hydrogen-bond acceptors (Lipinski definition) is 2. The standard InChI is InChI=1S/C15H17N3O/c1-10(11-6-3-2-4-7-11)16-15(19)14-12-8-5-9-13(12)17-18-14/h2-4,6-7,10H,5,8-9H2,1H3,(H,16,19)(H,17,18). The molecular formula is C15H17N3O. The van der Waals surface area contributed by atoms with Gasteiger partial charge in [-0.1, -0.05) is 30.3 Å². The molecule has 0 saturated heterocycles. The van der Waals surface area contributed by atoms with Gasteiger partial charge >= 0.3 is 0 Å². The van der Waals surface area contributed by atoms with Gasteiger partial charge in [0.25, 0.3) is 5.91 Å². The summed E-state index contributed by atoms with van der Waals surface area (Å²) < 4.78 is 0. The number of aromatic nitrogens is 2. The lowest BCUT2D eigenvalue weighted by Gasteiger charge is -2.13. The van der Waals surface area contributed by atoms with E-state index in [9.17, 15) is 4.79 Å². The maximum absolute atomic E-state index is 12.3. The second-order valence-electron chi connectivity index (χ2n) is 4.99. The molecule has 4 heteroatoms. The Labute approximate surface area is 112 Å². The highest BCUT2D eigenvalue weighted by molar-refractivity contribution is 5.94. The third-order valence-electron chi connectivity index (χ3n) is 3.67. The Morgan fingerprint density at radius 1 is 1.32 bits per heavy atom. The van der Waals surface area contributed by atoms with Crippen molar-refractivity contribution in [3.63, 3.8) is 0 Å². The minimum Gasteiger partial charge on any atom is -0.344 e. The van der Waals surface area contributed by atoms with Gasteiger partial charge in [0.05, 0.1) is 6.04 Å². The van der Waals surface area contributed by atoms with E-state index in [1.807, 2.05) is 37.3 Å². The second kappa shape index (κ2) is 4.88. The maximum atomic E-state index is 12.3. The first kappa shape index (κ1) is 12.0. The molecule has 1 aliphatic carbocycles. The van der Waals surface area contributed by atoms with Crippen molar-refractivity contribution < 1.29 is 4.79 Å². The summed E-state index contributed by atoms with van der Waals surface area (Å²) >= 11 is 0. The highest BCUT2D eigenvalue weighted by Crippen LogP contribution is 2.23. The smallest absolute Gasteiger partial charge is 0.272 e. The number of aromatic amines is 1. The lowest BCUT2D eigenvalue weighted by atomic mass is 10.1. The molecule has 0 radical (unpaired) electrons. The molecule has 3 rings (SSSR count). The van der Waals surface area contributed by atoms with Crippen LogP contribution in [0.1, 0.15) is 46.7 Å². The van der Waals surface area contributed by atoms with E-state index in [-0.39, 0.29) is 11.9 Å². The zero-order valence-electron chi connectivity index (χ0n) is 10.9. The van der Waals surface area contributed by atoms with Crippen molar-refractivity contribution in [2.24, 2.45) is 0 Å². The van der Waals surface area contributed by atoms with E-state index in [0.29, 0.717) is 5.69 Å². The molecule has 2 N–H and O–H groups in total. The number of benzene rings is 1. The van der Waals surface area contributed by atoms with E-state index in [2.05, 4.69) is 15.5 Å². The Balaban J connectivity index is 1.75. The number of aryl methyl sites for hydroxylation is 1. The van der Waals surface area contributed by atoms with Crippen molar-refractivity contribution in [2.75, 3.05) is 0 Å². The lowest BCUT2D eigenvalue weighted by Crippen LogP contribution is -2.27. The molecule has 0 fully saturated rings. The molecule has 98 valence electrons. The minimum atomic E-state index is -0.0873. The third kappa shape index (κ3) is 2.26. The van der Waals surface area contributed by atoms with Crippen molar-refractivity contribution in [2.45, 2.75) is 32.2 Å². The van der Waals surface area contributed by atoms with Gasteiger partial charge in [0, 0.05) is 11.3 Å². The predicted molar refractivity (Wildman–Crippen MR) is 72.9 cm³/mol. The fourth-order valence-corrected chi connectivity index (χ4v) is 2.60. The van der Waals surface area contributed by atoms with Crippen LogP contribution in [0.5, 0.6) is 0 Å². The van der Waals surface area contributed by atoms with Gasteiger partial charge in [-0.25, -0.2) is 0 Å². The zero-order chi connectivity index (χ0) is 13.2. The Kier molecular flexibility index (Phi) is 3.07. The van der Waals surface area contributed by atoms with E-state index in [0.717, 1.165) is 36.1 Å². The molecule has 0 spiro atoms. The molecule has 2 aromatic rings. The summed E-state index contributed by atoms with van der Waals surface area (Å²) in [6, 6.07) is 9.94. The fraction of sp³-hybridized carbons (Fsp3) is 0.333. The monoisotopic (exact) mass is 255 g/mol. The highest BCUT2D eigenvalue weighted by Gasteiger charge is 2.23.